The molecule has 3 aromatic rings. The first-order chi connectivity index (χ1) is 12.2. The topological polar surface area (TPSA) is 50.9 Å². The molecule has 1 aromatic carbocycles. The van der Waals surface area contributed by atoms with Gasteiger partial charge in [-0.05, 0) is 19.1 Å². The van der Waals surface area contributed by atoms with Gasteiger partial charge in [0.1, 0.15) is 5.82 Å². The van der Waals surface area contributed by atoms with Crippen LogP contribution < -0.4 is 5.32 Å². The van der Waals surface area contributed by atoms with Crippen molar-refractivity contribution >= 4 is 0 Å². The van der Waals surface area contributed by atoms with E-state index < -0.39 is 0 Å². The Labute approximate surface area is 148 Å². The molecule has 4 rings (SSSR count). The summed E-state index contributed by atoms with van der Waals surface area (Å²) in [4.78, 5) is 7.07. The molecule has 6 heteroatoms. The molecule has 2 aromatic heterocycles. The maximum atomic E-state index is 4.71. The first-order valence-electron chi connectivity index (χ1n) is 8.75. The standard InChI is InChI=1S/C19H24N6/c1-15-16(14-25(22-15)17-6-4-3-5-7-17)13-24-11-8-20-12-18(24)19-21-9-10-23(19)2/h3-7,9-10,14,18,20H,8,11-13H2,1-2H3. The zero-order chi connectivity index (χ0) is 17.2. The lowest BCUT2D eigenvalue weighted by Gasteiger charge is -2.35. The van der Waals surface area contributed by atoms with Crippen LogP contribution in [-0.4, -0.2) is 43.9 Å². The van der Waals surface area contributed by atoms with Crippen molar-refractivity contribution < 1.29 is 0 Å². The Bertz CT molecular complexity index is 835. The van der Waals surface area contributed by atoms with Crippen LogP contribution in [0.4, 0.5) is 0 Å². The van der Waals surface area contributed by atoms with Gasteiger partial charge >= 0.3 is 0 Å². The molecule has 25 heavy (non-hydrogen) atoms. The van der Waals surface area contributed by atoms with E-state index in [0.29, 0.717) is 0 Å². The van der Waals surface area contributed by atoms with E-state index >= 15 is 0 Å². The summed E-state index contributed by atoms with van der Waals surface area (Å²) in [5.41, 5.74) is 3.45. The molecule has 0 saturated carbocycles. The second kappa shape index (κ2) is 6.82. The third kappa shape index (κ3) is 3.23. The average molecular weight is 336 g/mol. The van der Waals surface area contributed by atoms with E-state index in [1.165, 1.54) is 5.56 Å². The first-order valence-corrected chi connectivity index (χ1v) is 8.75. The van der Waals surface area contributed by atoms with Crippen molar-refractivity contribution in [3.05, 3.63) is 66.0 Å². The quantitative estimate of drug-likeness (QED) is 0.792. The molecule has 6 nitrogen and oxygen atoms in total. The fourth-order valence-corrected chi connectivity index (χ4v) is 3.47. The minimum atomic E-state index is 0.285. The van der Waals surface area contributed by atoms with Gasteiger partial charge in [-0.25, -0.2) is 9.67 Å². The molecule has 0 amide bonds. The van der Waals surface area contributed by atoms with Crippen LogP contribution >= 0.6 is 0 Å². The molecular formula is C19H24N6. The number of nitrogens with one attached hydrogen (secondary N) is 1. The van der Waals surface area contributed by atoms with Crippen LogP contribution in [0.3, 0.4) is 0 Å². The van der Waals surface area contributed by atoms with Crippen molar-refractivity contribution in [2.24, 2.45) is 7.05 Å². The Hall–Kier alpha value is -2.44. The first kappa shape index (κ1) is 16.1. The summed E-state index contributed by atoms with van der Waals surface area (Å²) in [6.07, 6.45) is 6.05. The highest BCUT2D eigenvalue weighted by atomic mass is 15.3. The van der Waals surface area contributed by atoms with Gasteiger partial charge in [0.25, 0.3) is 0 Å². The maximum absolute atomic E-state index is 4.71. The third-order valence-electron chi connectivity index (χ3n) is 4.91. The number of nitrogens with zero attached hydrogens (tertiary/aromatic N) is 5. The van der Waals surface area contributed by atoms with Crippen molar-refractivity contribution in [2.75, 3.05) is 19.6 Å². The van der Waals surface area contributed by atoms with E-state index in [4.69, 9.17) is 5.10 Å². The minimum Gasteiger partial charge on any atom is -0.337 e. The number of para-hydroxylation sites is 1. The minimum absolute atomic E-state index is 0.285. The normalized spacial score (nSPS) is 18.6. The van der Waals surface area contributed by atoms with Gasteiger partial charge in [-0.2, -0.15) is 5.10 Å². The molecular weight excluding hydrogens is 312 g/mol. The molecule has 0 spiro atoms. The molecule has 130 valence electrons. The van der Waals surface area contributed by atoms with E-state index in [1.54, 1.807) is 0 Å². The van der Waals surface area contributed by atoms with Crippen LogP contribution in [0.15, 0.2) is 48.9 Å². The fraction of sp³-hybridized carbons (Fsp3) is 0.368. The largest absolute Gasteiger partial charge is 0.337 e. The monoisotopic (exact) mass is 336 g/mol. The number of benzene rings is 1. The van der Waals surface area contributed by atoms with Crippen molar-refractivity contribution in [2.45, 2.75) is 19.5 Å². The Kier molecular flexibility index (Phi) is 4.38. The van der Waals surface area contributed by atoms with Gasteiger partial charge in [-0.3, -0.25) is 4.90 Å². The third-order valence-corrected chi connectivity index (χ3v) is 4.91. The summed E-state index contributed by atoms with van der Waals surface area (Å²) in [5.74, 6) is 1.11. The second-order valence-electron chi connectivity index (χ2n) is 6.61. The van der Waals surface area contributed by atoms with E-state index in [2.05, 4.69) is 52.1 Å². The number of rotatable bonds is 4. The van der Waals surface area contributed by atoms with Gasteiger partial charge < -0.3 is 9.88 Å². The van der Waals surface area contributed by atoms with Gasteiger partial charge in [0, 0.05) is 57.4 Å². The van der Waals surface area contributed by atoms with Crippen LogP contribution in [0, 0.1) is 6.92 Å². The highest BCUT2D eigenvalue weighted by Gasteiger charge is 2.27. The van der Waals surface area contributed by atoms with Crippen LogP contribution in [-0.2, 0) is 13.6 Å². The number of piperazine rings is 1. The smallest absolute Gasteiger partial charge is 0.127 e. The molecule has 0 aliphatic carbocycles. The Balaban J connectivity index is 1.58. The molecule has 3 heterocycles. The van der Waals surface area contributed by atoms with Gasteiger partial charge in [0.05, 0.1) is 17.4 Å². The molecule has 0 bridgehead atoms. The highest BCUT2D eigenvalue weighted by molar-refractivity contribution is 5.32. The molecule has 1 fully saturated rings. The summed E-state index contributed by atoms with van der Waals surface area (Å²) in [6, 6.07) is 10.6. The summed E-state index contributed by atoms with van der Waals surface area (Å²) in [7, 11) is 2.06. The number of aryl methyl sites for hydroxylation is 2. The van der Waals surface area contributed by atoms with Crippen LogP contribution in [0.1, 0.15) is 23.1 Å². The fourth-order valence-electron chi connectivity index (χ4n) is 3.47. The predicted molar refractivity (Wildman–Crippen MR) is 97.5 cm³/mol. The second-order valence-corrected chi connectivity index (χ2v) is 6.61. The lowest BCUT2D eigenvalue weighted by molar-refractivity contribution is 0.144. The molecule has 1 unspecified atom stereocenters. The zero-order valence-corrected chi connectivity index (χ0v) is 14.8. The van der Waals surface area contributed by atoms with Crippen LogP contribution in [0.25, 0.3) is 5.69 Å². The summed E-state index contributed by atoms with van der Waals surface area (Å²) < 4.78 is 4.09. The van der Waals surface area contributed by atoms with E-state index in [9.17, 15) is 0 Å². The molecule has 0 radical (unpaired) electrons. The SMILES string of the molecule is Cc1nn(-c2ccccc2)cc1CN1CCNCC1c1nccn1C. The average Bonchev–Trinajstić information content (AvgIpc) is 3.22. The van der Waals surface area contributed by atoms with Crippen LogP contribution in [0.5, 0.6) is 0 Å². The van der Waals surface area contributed by atoms with E-state index in [0.717, 1.165) is 43.4 Å². The highest BCUT2D eigenvalue weighted by Crippen LogP contribution is 2.24. The van der Waals surface area contributed by atoms with Crippen LogP contribution in [0.2, 0.25) is 0 Å². The van der Waals surface area contributed by atoms with Crippen molar-refractivity contribution in [3.63, 3.8) is 0 Å². The number of aromatic nitrogens is 4. The summed E-state index contributed by atoms with van der Waals surface area (Å²) >= 11 is 0. The molecule has 1 aliphatic heterocycles. The lowest BCUT2D eigenvalue weighted by Crippen LogP contribution is -2.46. The number of imidazole rings is 1. The molecule has 1 N–H and O–H groups in total. The maximum Gasteiger partial charge on any atom is 0.127 e. The van der Waals surface area contributed by atoms with Gasteiger partial charge in [-0.1, -0.05) is 18.2 Å². The van der Waals surface area contributed by atoms with Crippen molar-refractivity contribution in [1.82, 2.24) is 29.5 Å². The molecule has 1 saturated heterocycles. The Morgan fingerprint density at radius 1 is 1.24 bits per heavy atom. The summed E-state index contributed by atoms with van der Waals surface area (Å²) in [6.45, 7) is 5.92. The zero-order valence-electron chi connectivity index (χ0n) is 14.8. The van der Waals surface area contributed by atoms with E-state index in [-0.39, 0.29) is 6.04 Å². The molecule has 1 atom stereocenters. The van der Waals surface area contributed by atoms with Gasteiger partial charge in [-0.15, -0.1) is 0 Å². The van der Waals surface area contributed by atoms with Crippen molar-refractivity contribution in [1.29, 1.82) is 0 Å². The number of hydrogen-bond acceptors (Lipinski definition) is 4. The van der Waals surface area contributed by atoms with Gasteiger partial charge in [0.2, 0.25) is 0 Å². The van der Waals surface area contributed by atoms with E-state index in [1.807, 2.05) is 35.3 Å². The van der Waals surface area contributed by atoms with Crippen molar-refractivity contribution in [3.8, 4) is 5.69 Å². The Morgan fingerprint density at radius 3 is 2.84 bits per heavy atom. The lowest BCUT2D eigenvalue weighted by atomic mass is 10.1. The predicted octanol–water partition coefficient (Wildman–Crippen LogP) is 2.06. The summed E-state index contributed by atoms with van der Waals surface area (Å²) in [5, 5.41) is 8.20. The number of hydrogen-bond donors (Lipinski definition) is 1. The Morgan fingerprint density at radius 2 is 2.08 bits per heavy atom. The molecule has 1 aliphatic rings. The van der Waals surface area contributed by atoms with Gasteiger partial charge in [0.15, 0.2) is 0 Å².